The van der Waals surface area contributed by atoms with Gasteiger partial charge in [0.05, 0.1) is 15.1 Å². The summed E-state index contributed by atoms with van der Waals surface area (Å²) in [5.74, 6) is 0.176. The van der Waals surface area contributed by atoms with E-state index in [1.165, 1.54) is 17.7 Å². The number of anilines is 2. The number of ether oxygens (including phenoxy) is 1. The second kappa shape index (κ2) is 7.33. The Kier molecular flexibility index (Phi) is 4.37. The number of hydrogen-bond donors (Lipinski definition) is 1. The third-order valence-electron chi connectivity index (χ3n) is 4.29. The summed E-state index contributed by atoms with van der Waals surface area (Å²) in [6, 6.07) is 16.6. The number of nitro groups is 1. The fraction of sp³-hybridized carbons (Fsp3) is 0. The summed E-state index contributed by atoms with van der Waals surface area (Å²) in [4.78, 5) is 28.0. The molecule has 0 unspecified atom stereocenters. The summed E-state index contributed by atoms with van der Waals surface area (Å²) in [6.07, 6.45) is 2.83. The van der Waals surface area contributed by atoms with E-state index in [0.717, 1.165) is 15.6 Å². The molecule has 5 rings (SSSR count). The lowest BCUT2D eigenvalue weighted by Gasteiger charge is -2.09. The quantitative estimate of drug-likeness (QED) is 0.311. The highest BCUT2D eigenvalue weighted by Gasteiger charge is 2.26. The lowest BCUT2D eigenvalue weighted by atomic mass is 10.2. The number of thiazole rings is 1. The van der Waals surface area contributed by atoms with Crippen molar-refractivity contribution in [3.8, 4) is 11.6 Å². The van der Waals surface area contributed by atoms with Crippen LogP contribution in [0.5, 0.6) is 11.6 Å². The Labute approximate surface area is 173 Å². The molecule has 2 aromatic carbocycles. The van der Waals surface area contributed by atoms with Gasteiger partial charge in [0.15, 0.2) is 10.9 Å². The molecular weight excluding hydrogens is 404 g/mol. The number of pyridine rings is 1. The fourth-order valence-corrected chi connectivity index (χ4v) is 3.85. The maximum absolute atomic E-state index is 11.8. The minimum absolute atomic E-state index is 0.00254. The van der Waals surface area contributed by atoms with Crippen molar-refractivity contribution in [2.75, 3.05) is 5.32 Å². The molecule has 0 aliphatic carbocycles. The van der Waals surface area contributed by atoms with Gasteiger partial charge in [-0.1, -0.05) is 41.7 Å². The Morgan fingerprint density at radius 2 is 1.87 bits per heavy atom. The van der Waals surface area contributed by atoms with E-state index in [4.69, 9.17) is 4.74 Å². The monoisotopic (exact) mass is 416 g/mol. The molecule has 0 amide bonds. The van der Waals surface area contributed by atoms with Crippen LogP contribution >= 0.6 is 11.3 Å². The molecule has 3 heterocycles. The van der Waals surface area contributed by atoms with E-state index in [1.54, 1.807) is 24.4 Å². The molecule has 0 saturated carbocycles. The van der Waals surface area contributed by atoms with Crippen molar-refractivity contribution >= 4 is 49.1 Å². The molecule has 0 bridgehead atoms. The van der Waals surface area contributed by atoms with Crippen LogP contribution in [0.3, 0.4) is 0 Å². The van der Waals surface area contributed by atoms with E-state index in [0.29, 0.717) is 16.4 Å². The molecular formula is C20H12N6O3S. The number of fused-ring (bicyclic) bond motifs is 2. The van der Waals surface area contributed by atoms with Crippen LogP contribution < -0.4 is 10.1 Å². The fourth-order valence-electron chi connectivity index (χ4n) is 2.98. The Bertz CT molecular complexity index is 1370. The van der Waals surface area contributed by atoms with Gasteiger partial charge in [0.25, 0.3) is 0 Å². The number of aromatic nitrogens is 4. The summed E-state index contributed by atoms with van der Waals surface area (Å²) < 4.78 is 6.76. The molecule has 1 N–H and O–H groups in total. The third kappa shape index (κ3) is 3.25. The van der Waals surface area contributed by atoms with Gasteiger partial charge in [0.2, 0.25) is 5.82 Å². The van der Waals surface area contributed by atoms with Crippen molar-refractivity contribution in [3.05, 3.63) is 77.2 Å². The SMILES string of the molecule is O=[N+]([O-])c1c(Nc2nc3ccccc3s2)ncnc1Oc1cccc2cccnc12. The second-order valence-electron chi connectivity index (χ2n) is 6.18. The van der Waals surface area contributed by atoms with Gasteiger partial charge < -0.3 is 10.1 Å². The van der Waals surface area contributed by atoms with Gasteiger partial charge in [-0.05, 0) is 24.3 Å². The van der Waals surface area contributed by atoms with Gasteiger partial charge >= 0.3 is 11.6 Å². The van der Waals surface area contributed by atoms with Crippen molar-refractivity contribution in [1.29, 1.82) is 0 Å². The zero-order valence-corrected chi connectivity index (χ0v) is 16.0. The average Bonchev–Trinajstić information content (AvgIpc) is 3.16. The molecule has 146 valence electrons. The van der Waals surface area contributed by atoms with Crippen LogP contribution in [0, 0.1) is 10.1 Å². The minimum Gasteiger partial charge on any atom is -0.431 e. The van der Waals surface area contributed by atoms with E-state index in [1.807, 2.05) is 36.4 Å². The second-order valence-corrected chi connectivity index (χ2v) is 7.21. The smallest absolute Gasteiger partial charge is 0.373 e. The third-order valence-corrected chi connectivity index (χ3v) is 5.24. The van der Waals surface area contributed by atoms with Crippen LogP contribution in [0.2, 0.25) is 0 Å². The number of hydrogen-bond acceptors (Lipinski definition) is 9. The van der Waals surface area contributed by atoms with E-state index < -0.39 is 4.92 Å². The predicted octanol–water partition coefficient (Wildman–Crippen LogP) is 5.08. The molecule has 0 radical (unpaired) electrons. The summed E-state index contributed by atoms with van der Waals surface area (Å²) >= 11 is 1.37. The number of para-hydroxylation sites is 2. The molecule has 5 aromatic rings. The van der Waals surface area contributed by atoms with Gasteiger partial charge in [-0.25, -0.2) is 9.97 Å². The van der Waals surface area contributed by atoms with Crippen LogP contribution in [-0.2, 0) is 0 Å². The Balaban J connectivity index is 1.55. The molecule has 0 spiro atoms. The zero-order valence-electron chi connectivity index (χ0n) is 15.2. The number of rotatable bonds is 5. The molecule has 0 fully saturated rings. The molecule has 30 heavy (non-hydrogen) atoms. The van der Waals surface area contributed by atoms with E-state index in [9.17, 15) is 10.1 Å². The largest absolute Gasteiger partial charge is 0.431 e. The Morgan fingerprint density at radius 3 is 2.73 bits per heavy atom. The molecule has 0 aliphatic rings. The van der Waals surface area contributed by atoms with Crippen molar-refractivity contribution in [1.82, 2.24) is 19.9 Å². The Hall–Kier alpha value is -4.18. The lowest BCUT2D eigenvalue weighted by Crippen LogP contribution is -2.03. The first-order chi connectivity index (χ1) is 14.7. The van der Waals surface area contributed by atoms with Crippen LogP contribution in [0.15, 0.2) is 67.1 Å². The number of nitrogens with one attached hydrogen (secondary N) is 1. The molecule has 10 heteroatoms. The normalized spacial score (nSPS) is 10.9. The van der Waals surface area contributed by atoms with Crippen LogP contribution in [0.4, 0.5) is 16.6 Å². The number of benzene rings is 2. The van der Waals surface area contributed by atoms with Gasteiger partial charge in [-0.2, -0.15) is 4.98 Å². The van der Waals surface area contributed by atoms with Crippen molar-refractivity contribution in [3.63, 3.8) is 0 Å². The average molecular weight is 416 g/mol. The van der Waals surface area contributed by atoms with Crippen LogP contribution in [-0.4, -0.2) is 24.9 Å². The highest BCUT2D eigenvalue weighted by Crippen LogP contribution is 2.38. The number of nitrogens with zero attached hydrogens (tertiary/aromatic N) is 5. The molecule has 3 aromatic heterocycles. The maximum Gasteiger partial charge on any atom is 0.373 e. The van der Waals surface area contributed by atoms with Gasteiger partial charge in [0.1, 0.15) is 11.8 Å². The van der Waals surface area contributed by atoms with Gasteiger partial charge in [0, 0.05) is 11.6 Å². The molecule has 9 nitrogen and oxygen atoms in total. The molecule has 0 aliphatic heterocycles. The van der Waals surface area contributed by atoms with E-state index in [-0.39, 0.29) is 17.4 Å². The summed E-state index contributed by atoms with van der Waals surface area (Å²) in [5.41, 5.74) is 0.985. The topological polar surface area (TPSA) is 116 Å². The summed E-state index contributed by atoms with van der Waals surface area (Å²) in [5, 5.41) is 16.1. The van der Waals surface area contributed by atoms with Crippen LogP contribution in [0.25, 0.3) is 21.1 Å². The molecule has 0 saturated heterocycles. The summed E-state index contributed by atoms with van der Waals surface area (Å²) in [6.45, 7) is 0. The Morgan fingerprint density at radius 1 is 1.00 bits per heavy atom. The first-order valence-corrected chi connectivity index (χ1v) is 9.64. The van der Waals surface area contributed by atoms with Crippen molar-refractivity contribution in [2.24, 2.45) is 0 Å². The van der Waals surface area contributed by atoms with E-state index >= 15 is 0 Å². The standard InChI is InChI=1S/C20H12N6O3S/c27-26(28)17-18(25-20-24-13-7-1-2-9-15(13)30-20)22-11-23-19(17)29-14-8-3-5-12-6-4-10-21-16(12)14/h1-11H,(H,22,23,24,25). The van der Waals surface area contributed by atoms with Gasteiger partial charge in [-0.15, -0.1) is 0 Å². The molecule has 0 atom stereocenters. The van der Waals surface area contributed by atoms with E-state index in [2.05, 4.69) is 25.3 Å². The highest BCUT2D eigenvalue weighted by molar-refractivity contribution is 7.22. The zero-order chi connectivity index (χ0) is 20.5. The van der Waals surface area contributed by atoms with Gasteiger partial charge in [-0.3, -0.25) is 15.1 Å². The lowest BCUT2D eigenvalue weighted by molar-refractivity contribution is -0.385. The van der Waals surface area contributed by atoms with Crippen LogP contribution in [0.1, 0.15) is 0 Å². The maximum atomic E-state index is 11.8. The highest BCUT2D eigenvalue weighted by atomic mass is 32.1. The summed E-state index contributed by atoms with van der Waals surface area (Å²) in [7, 11) is 0. The van der Waals surface area contributed by atoms with Crippen molar-refractivity contribution in [2.45, 2.75) is 0 Å². The van der Waals surface area contributed by atoms with Crippen molar-refractivity contribution < 1.29 is 9.66 Å². The minimum atomic E-state index is -0.580. The first-order valence-electron chi connectivity index (χ1n) is 8.82. The first kappa shape index (κ1) is 17.9. The predicted molar refractivity (Wildman–Crippen MR) is 113 cm³/mol.